The molecule has 2 rings (SSSR count). The molecule has 0 amide bonds. The number of sulfonamides is 1. The van der Waals surface area contributed by atoms with E-state index < -0.39 is 16.0 Å². The normalized spacial score (nSPS) is 15.2. The number of aromatic carboxylic acids is 1. The van der Waals surface area contributed by atoms with Gasteiger partial charge in [0.15, 0.2) is 0 Å². The summed E-state index contributed by atoms with van der Waals surface area (Å²) in [4.78, 5) is 11.2. The predicted octanol–water partition coefficient (Wildman–Crippen LogP) is 1.81. The summed E-state index contributed by atoms with van der Waals surface area (Å²) in [6, 6.07) is 3.92. The zero-order valence-corrected chi connectivity index (χ0v) is 12.9. The van der Waals surface area contributed by atoms with Crippen LogP contribution in [0.5, 0.6) is 5.75 Å². The van der Waals surface area contributed by atoms with Crippen molar-refractivity contribution in [3.05, 3.63) is 23.8 Å². The highest BCUT2D eigenvalue weighted by Gasteiger charge is 2.23. The van der Waals surface area contributed by atoms with E-state index in [-0.39, 0.29) is 16.2 Å². The van der Waals surface area contributed by atoms with E-state index in [1.807, 2.05) is 0 Å². The third-order valence-electron chi connectivity index (χ3n) is 3.44. The van der Waals surface area contributed by atoms with E-state index in [9.17, 15) is 18.3 Å². The summed E-state index contributed by atoms with van der Waals surface area (Å²) in [6.45, 7) is 0.449. The van der Waals surface area contributed by atoms with Gasteiger partial charge in [-0.3, -0.25) is 0 Å². The number of carboxylic acids is 1. The lowest BCUT2D eigenvalue weighted by molar-refractivity contribution is 0.0692. The Hall–Kier alpha value is -1.60. The van der Waals surface area contributed by atoms with Gasteiger partial charge in [-0.2, -0.15) is 0 Å². The van der Waals surface area contributed by atoms with Gasteiger partial charge in [0.2, 0.25) is 10.0 Å². The Morgan fingerprint density at radius 1 is 1.38 bits per heavy atom. The van der Waals surface area contributed by atoms with Crippen molar-refractivity contribution < 1.29 is 23.1 Å². The maximum absolute atomic E-state index is 12.0. The lowest BCUT2D eigenvalue weighted by atomic mass is 10.2. The fraction of sp³-hybridized carbons (Fsp3) is 0.500. The number of carbonyl (C=O) groups is 1. The molecule has 0 unspecified atom stereocenters. The van der Waals surface area contributed by atoms with Crippen molar-refractivity contribution in [2.45, 2.75) is 24.2 Å². The van der Waals surface area contributed by atoms with Crippen LogP contribution >= 0.6 is 0 Å². The van der Waals surface area contributed by atoms with Crippen LogP contribution in [0.2, 0.25) is 0 Å². The first kappa shape index (κ1) is 15.8. The molecule has 7 heteroatoms. The highest BCUT2D eigenvalue weighted by Crippen LogP contribution is 2.32. The van der Waals surface area contributed by atoms with Crippen molar-refractivity contribution >= 4 is 16.0 Å². The highest BCUT2D eigenvalue weighted by molar-refractivity contribution is 7.89. The molecule has 1 fully saturated rings. The van der Waals surface area contributed by atoms with E-state index in [0.717, 1.165) is 16.8 Å². The maximum Gasteiger partial charge on any atom is 0.339 e. The number of benzene rings is 1. The summed E-state index contributed by atoms with van der Waals surface area (Å²) < 4.78 is 30.6. The summed E-state index contributed by atoms with van der Waals surface area (Å²) in [5.41, 5.74) is -0.131. The highest BCUT2D eigenvalue weighted by atomic mass is 32.2. The van der Waals surface area contributed by atoms with Crippen molar-refractivity contribution in [3.63, 3.8) is 0 Å². The molecule has 0 heterocycles. The van der Waals surface area contributed by atoms with E-state index in [0.29, 0.717) is 12.5 Å². The minimum atomic E-state index is -3.66. The van der Waals surface area contributed by atoms with Gasteiger partial charge in [-0.1, -0.05) is 12.8 Å². The molecule has 0 aliphatic heterocycles. The SMILES string of the molecule is CN(C)S(=O)(=O)c1ccc(OCCC2CC2)c(C(=O)O)c1. The second-order valence-electron chi connectivity index (χ2n) is 5.33. The smallest absolute Gasteiger partial charge is 0.339 e. The fourth-order valence-electron chi connectivity index (χ4n) is 1.92. The summed E-state index contributed by atoms with van der Waals surface area (Å²) in [7, 11) is -0.862. The number of hydrogen-bond donors (Lipinski definition) is 1. The van der Waals surface area contributed by atoms with Gasteiger partial charge in [-0.05, 0) is 30.5 Å². The van der Waals surface area contributed by atoms with Crippen LogP contribution in [0.25, 0.3) is 0 Å². The zero-order valence-electron chi connectivity index (χ0n) is 12.1. The van der Waals surface area contributed by atoms with Crippen LogP contribution < -0.4 is 4.74 Å². The van der Waals surface area contributed by atoms with Crippen LogP contribution in [0.3, 0.4) is 0 Å². The molecular weight excluding hydrogens is 294 g/mol. The van der Waals surface area contributed by atoms with Gasteiger partial charge >= 0.3 is 5.97 Å². The van der Waals surface area contributed by atoms with Gasteiger partial charge in [-0.25, -0.2) is 17.5 Å². The number of rotatable bonds is 7. The first-order chi connectivity index (χ1) is 9.82. The Kier molecular flexibility index (Phi) is 4.53. The molecule has 1 aliphatic rings. The van der Waals surface area contributed by atoms with E-state index in [1.165, 1.54) is 39.1 Å². The molecule has 1 aromatic carbocycles. The number of hydrogen-bond acceptors (Lipinski definition) is 4. The number of carboxylic acid groups (broad SMARTS) is 1. The van der Waals surface area contributed by atoms with E-state index in [1.54, 1.807) is 0 Å². The largest absolute Gasteiger partial charge is 0.493 e. The van der Waals surface area contributed by atoms with Crippen molar-refractivity contribution in [1.82, 2.24) is 4.31 Å². The van der Waals surface area contributed by atoms with Crippen molar-refractivity contribution in [2.24, 2.45) is 5.92 Å². The quantitative estimate of drug-likeness (QED) is 0.830. The van der Waals surface area contributed by atoms with E-state index >= 15 is 0 Å². The average molecular weight is 313 g/mol. The van der Waals surface area contributed by atoms with Gasteiger partial charge in [0, 0.05) is 14.1 Å². The molecule has 116 valence electrons. The molecule has 0 atom stereocenters. The van der Waals surface area contributed by atoms with Crippen LogP contribution in [0.15, 0.2) is 23.1 Å². The molecule has 0 spiro atoms. The molecule has 6 nitrogen and oxygen atoms in total. The van der Waals surface area contributed by atoms with E-state index in [2.05, 4.69) is 0 Å². The molecule has 21 heavy (non-hydrogen) atoms. The average Bonchev–Trinajstić information content (AvgIpc) is 3.22. The van der Waals surface area contributed by atoms with Gasteiger partial charge in [0.1, 0.15) is 11.3 Å². The van der Waals surface area contributed by atoms with Gasteiger partial charge in [0.05, 0.1) is 11.5 Å². The number of ether oxygens (including phenoxy) is 1. The molecule has 0 aromatic heterocycles. The van der Waals surface area contributed by atoms with Gasteiger partial charge in [0.25, 0.3) is 0 Å². The van der Waals surface area contributed by atoms with Crippen LogP contribution in [0.4, 0.5) is 0 Å². The second-order valence-corrected chi connectivity index (χ2v) is 7.48. The lowest BCUT2D eigenvalue weighted by Crippen LogP contribution is -2.22. The Balaban J connectivity index is 2.23. The molecule has 1 N–H and O–H groups in total. The fourth-order valence-corrected chi connectivity index (χ4v) is 2.84. The van der Waals surface area contributed by atoms with Gasteiger partial charge in [-0.15, -0.1) is 0 Å². The minimum absolute atomic E-state index is 0.0561. The topological polar surface area (TPSA) is 83.9 Å². The lowest BCUT2D eigenvalue weighted by Gasteiger charge is -2.14. The molecule has 0 saturated heterocycles. The van der Waals surface area contributed by atoms with Crippen LogP contribution in [0, 0.1) is 5.92 Å². The standard InChI is InChI=1S/C14H19NO5S/c1-15(2)21(18,19)11-5-6-13(12(9-11)14(16)17)20-8-7-10-3-4-10/h5-6,9-10H,3-4,7-8H2,1-2H3,(H,16,17). The maximum atomic E-state index is 12.0. The Morgan fingerprint density at radius 2 is 2.05 bits per heavy atom. The third kappa shape index (κ3) is 3.74. The van der Waals surface area contributed by atoms with Crippen LogP contribution in [-0.2, 0) is 10.0 Å². The third-order valence-corrected chi connectivity index (χ3v) is 5.25. The molecule has 1 aromatic rings. The van der Waals surface area contributed by atoms with Crippen molar-refractivity contribution in [2.75, 3.05) is 20.7 Å². The Morgan fingerprint density at radius 3 is 2.57 bits per heavy atom. The van der Waals surface area contributed by atoms with Crippen LogP contribution in [0.1, 0.15) is 29.6 Å². The summed E-state index contributed by atoms with van der Waals surface area (Å²) >= 11 is 0. The zero-order chi connectivity index (χ0) is 15.6. The molecule has 1 saturated carbocycles. The molecular formula is C14H19NO5S. The van der Waals surface area contributed by atoms with Gasteiger partial charge < -0.3 is 9.84 Å². The van der Waals surface area contributed by atoms with Crippen molar-refractivity contribution in [3.8, 4) is 5.75 Å². The van der Waals surface area contributed by atoms with Crippen molar-refractivity contribution in [1.29, 1.82) is 0 Å². The Bertz CT molecular complexity index is 635. The van der Waals surface area contributed by atoms with E-state index in [4.69, 9.17) is 4.74 Å². The first-order valence-electron chi connectivity index (χ1n) is 6.75. The summed E-state index contributed by atoms with van der Waals surface area (Å²) in [5, 5.41) is 9.23. The molecule has 1 aliphatic carbocycles. The minimum Gasteiger partial charge on any atom is -0.493 e. The Labute approximate surface area is 124 Å². The molecule has 0 bridgehead atoms. The first-order valence-corrected chi connectivity index (χ1v) is 8.19. The van der Waals surface area contributed by atoms with Crippen LogP contribution in [-0.4, -0.2) is 44.5 Å². The number of nitrogens with zero attached hydrogens (tertiary/aromatic N) is 1. The molecule has 0 radical (unpaired) electrons. The summed E-state index contributed by atoms with van der Waals surface area (Å²) in [6.07, 6.45) is 3.31. The predicted molar refractivity (Wildman–Crippen MR) is 77.1 cm³/mol. The monoisotopic (exact) mass is 313 g/mol. The summed E-state index contributed by atoms with van der Waals surface area (Å²) in [5.74, 6) is -0.306. The second kappa shape index (κ2) is 6.03.